The van der Waals surface area contributed by atoms with Gasteiger partial charge in [-0.05, 0) is 42.3 Å². The van der Waals surface area contributed by atoms with Gasteiger partial charge >= 0.3 is 0 Å². The minimum Gasteiger partial charge on any atom is -0.211 e. The maximum Gasteiger partial charge on any atom is 0.240 e. The molecule has 0 unspecified atom stereocenters. The van der Waals surface area contributed by atoms with E-state index < -0.39 is 10.0 Å². The van der Waals surface area contributed by atoms with E-state index in [2.05, 4.69) is 4.72 Å². The number of sulfonamides is 1. The van der Waals surface area contributed by atoms with Gasteiger partial charge in [-0.3, -0.25) is 0 Å². The van der Waals surface area contributed by atoms with E-state index in [0.717, 1.165) is 5.56 Å². The van der Waals surface area contributed by atoms with Gasteiger partial charge in [0, 0.05) is 11.6 Å². The average molecular weight is 355 g/mol. The minimum absolute atomic E-state index is 0.0181. The fourth-order valence-corrected chi connectivity index (χ4v) is 3.16. The first kappa shape index (κ1) is 16.8. The molecule has 0 aliphatic heterocycles. The molecule has 0 saturated heterocycles. The predicted octanol–water partition coefficient (Wildman–Crippen LogP) is 3.39. The molecular weight excluding hydrogens is 343 g/mol. The second kappa shape index (κ2) is 7.12. The first-order valence-corrected chi connectivity index (χ1v) is 8.60. The minimum atomic E-state index is -3.67. The molecule has 2 aromatic rings. The Balaban J connectivity index is 2.05. The predicted molar refractivity (Wildman–Crippen MR) is 86.5 cm³/mol. The van der Waals surface area contributed by atoms with Crippen molar-refractivity contribution in [1.29, 1.82) is 5.26 Å². The molecular formula is C15H12Cl2N2O2S. The molecule has 0 bridgehead atoms. The van der Waals surface area contributed by atoms with Gasteiger partial charge < -0.3 is 0 Å². The van der Waals surface area contributed by atoms with Gasteiger partial charge in [-0.25, -0.2) is 13.1 Å². The van der Waals surface area contributed by atoms with Gasteiger partial charge in [0.15, 0.2) is 0 Å². The van der Waals surface area contributed by atoms with Crippen molar-refractivity contribution in [2.24, 2.45) is 0 Å². The molecule has 2 aromatic carbocycles. The van der Waals surface area contributed by atoms with Gasteiger partial charge in [-0.15, -0.1) is 0 Å². The number of hydrogen-bond acceptors (Lipinski definition) is 3. The van der Waals surface area contributed by atoms with Crippen LogP contribution in [0.5, 0.6) is 0 Å². The second-order valence-corrected chi connectivity index (χ2v) is 7.14. The fraction of sp³-hybridized carbons (Fsp3) is 0.133. The van der Waals surface area contributed by atoms with Crippen molar-refractivity contribution in [2.75, 3.05) is 6.54 Å². The Morgan fingerprint density at radius 2 is 1.77 bits per heavy atom. The zero-order valence-corrected chi connectivity index (χ0v) is 13.7. The van der Waals surface area contributed by atoms with Gasteiger partial charge in [-0.2, -0.15) is 5.26 Å². The SMILES string of the molecule is N#Cc1cc(S(=O)(=O)NCCc2ccc(Cl)cc2)ccc1Cl. The van der Waals surface area contributed by atoms with Crippen LogP contribution in [0.4, 0.5) is 0 Å². The smallest absolute Gasteiger partial charge is 0.211 e. The van der Waals surface area contributed by atoms with E-state index in [1.54, 1.807) is 12.1 Å². The Bertz CT molecular complexity index is 812. The molecule has 0 aromatic heterocycles. The van der Waals surface area contributed by atoms with Crippen molar-refractivity contribution < 1.29 is 8.42 Å². The molecule has 0 amide bonds. The van der Waals surface area contributed by atoms with E-state index in [0.29, 0.717) is 11.4 Å². The number of rotatable bonds is 5. The summed E-state index contributed by atoms with van der Waals surface area (Å²) in [6, 6.07) is 13.1. The van der Waals surface area contributed by atoms with E-state index in [1.165, 1.54) is 18.2 Å². The summed E-state index contributed by atoms with van der Waals surface area (Å²) in [5, 5.41) is 9.75. The summed E-state index contributed by atoms with van der Waals surface area (Å²) in [7, 11) is -3.67. The van der Waals surface area contributed by atoms with Gasteiger partial charge in [0.1, 0.15) is 6.07 Å². The number of hydrogen-bond donors (Lipinski definition) is 1. The number of nitriles is 1. The lowest BCUT2D eigenvalue weighted by molar-refractivity contribution is 0.581. The van der Waals surface area contributed by atoms with Crippen molar-refractivity contribution in [3.05, 3.63) is 63.6 Å². The van der Waals surface area contributed by atoms with Crippen LogP contribution in [0.1, 0.15) is 11.1 Å². The lowest BCUT2D eigenvalue weighted by Gasteiger charge is -2.08. The first-order chi connectivity index (χ1) is 10.4. The second-order valence-electron chi connectivity index (χ2n) is 4.53. The fourth-order valence-electron chi connectivity index (χ4n) is 1.82. The van der Waals surface area contributed by atoms with Crippen LogP contribution in [-0.4, -0.2) is 15.0 Å². The molecule has 22 heavy (non-hydrogen) atoms. The molecule has 0 radical (unpaired) electrons. The maximum atomic E-state index is 12.2. The Morgan fingerprint density at radius 3 is 2.41 bits per heavy atom. The topological polar surface area (TPSA) is 70.0 Å². The van der Waals surface area contributed by atoms with Crippen LogP contribution in [-0.2, 0) is 16.4 Å². The van der Waals surface area contributed by atoms with Gasteiger partial charge in [-0.1, -0.05) is 35.3 Å². The standard InChI is InChI=1S/C15H12Cl2N2O2S/c16-13-3-1-11(2-4-13)7-8-19-22(20,21)14-5-6-15(17)12(9-14)10-18/h1-6,9,19H,7-8H2. The maximum absolute atomic E-state index is 12.2. The highest BCUT2D eigenvalue weighted by Gasteiger charge is 2.15. The van der Waals surface area contributed by atoms with Gasteiger partial charge in [0.2, 0.25) is 10.0 Å². The summed E-state index contributed by atoms with van der Waals surface area (Å²) in [6.45, 7) is 0.245. The normalized spacial score (nSPS) is 11.1. The van der Waals surface area contributed by atoms with Crippen molar-refractivity contribution in [1.82, 2.24) is 4.72 Å². The number of nitrogens with one attached hydrogen (secondary N) is 1. The molecule has 0 heterocycles. The van der Waals surface area contributed by atoms with Crippen LogP contribution < -0.4 is 4.72 Å². The molecule has 0 aliphatic rings. The van der Waals surface area contributed by atoms with E-state index in [9.17, 15) is 8.42 Å². The van der Waals surface area contributed by atoms with Crippen LogP contribution in [0.25, 0.3) is 0 Å². The zero-order chi connectivity index (χ0) is 16.2. The van der Waals surface area contributed by atoms with Crippen molar-refractivity contribution in [3.63, 3.8) is 0 Å². The molecule has 0 fully saturated rings. The van der Waals surface area contributed by atoms with Gasteiger partial charge in [0.05, 0.1) is 15.5 Å². The van der Waals surface area contributed by atoms with Crippen LogP contribution in [0.15, 0.2) is 47.4 Å². The van der Waals surface area contributed by atoms with Crippen LogP contribution in [0.2, 0.25) is 10.0 Å². The molecule has 1 N–H and O–H groups in total. The Labute approximate surface area is 139 Å². The Morgan fingerprint density at radius 1 is 1.09 bits per heavy atom. The largest absolute Gasteiger partial charge is 0.240 e. The molecule has 114 valence electrons. The summed E-state index contributed by atoms with van der Waals surface area (Å²) >= 11 is 11.6. The van der Waals surface area contributed by atoms with E-state index in [1.807, 2.05) is 18.2 Å². The van der Waals surface area contributed by atoms with Crippen LogP contribution in [0.3, 0.4) is 0 Å². The quantitative estimate of drug-likeness (QED) is 0.894. The highest BCUT2D eigenvalue weighted by Crippen LogP contribution is 2.19. The highest BCUT2D eigenvalue weighted by atomic mass is 35.5. The van der Waals surface area contributed by atoms with Crippen molar-refractivity contribution >= 4 is 33.2 Å². The third kappa shape index (κ3) is 4.21. The van der Waals surface area contributed by atoms with E-state index in [-0.39, 0.29) is 22.0 Å². The summed E-state index contributed by atoms with van der Waals surface area (Å²) in [4.78, 5) is 0.0181. The highest BCUT2D eigenvalue weighted by molar-refractivity contribution is 7.89. The summed E-state index contributed by atoms with van der Waals surface area (Å²) < 4.78 is 26.8. The first-order valence-electron chi connectivity index (χ1n) is 6.36. The van der Waals surface area contributed by atoms with Gasteiger partial charge in [0.25, 0.3) is 0 Å². The van der Waals surface area contributed by atoms with Crippen LogP contribution >= 0.6 is 23.2 Å². The van der Waals surface area contributed by atoms with Crippen LogP contribution in [0, 0.1) is 11.3 Å². The summed E-state index contributed by atoms with van der Waals surface area (Å²) in [5.41, 5.74) is 1.10. The number of benzene rings is 2. The zero-order valence-electron chi connectivity index (χ0n) is 11.4. The molecule has 4 nitrogen and oxygen atoms in total. The van der Waals surface area contributed by atoms with Crippen molar-refractivity contribution in [2.45, 2.75) is 11.3 Å². The molecule has 0 aliphatic carbocycles. The number of halogens is 2. The van der Waals surface area contributed by atoms with E-state index in [4.69, 9.17) is 28.5 Å². The summed E-state index contributed by atoms with van der Waals surface area (Å²) in [5.74, 6) is 0. The Kier molecular flexibility index (Phi) is 5.43. The molecule has 2 rings (SSSR count). The number of nitrogens with zero attached hydrogens (tertiary/aromatic N) is 1. The average Bonchev–Trinajstić information content (AvgIpc) is 2.49. The van der Waals surface area contributed by atoms with Crippen molar-refractivity contribution in [3.8, 4) is 6.07 Å². The molecule has 0 atom stereocenters. The third-order valence-electron chi connectivity index (χ3n) is 2.99. The monoisotopic (exact) mass is 354 g/mol. The lowest BCUT2D eigenvalue weighted by Crippen LogP contribution is -2.26. The summed E-state index contributed by atoms with van der Waals surface area (Å²) in [6.07, 6.45) is 0.537. The lowest BCUT2D eigenvalue weighted by atomic mass is 10.2. The molecule has 0 saturated carbocycles. The molecule has 0 spiro atoms. The van der Waals surface area contributed by atoms with E-state index >= 15 is 0 Å². The third-order valence-corrected chi connectivity index (χ3v) is 5.03. The Hall–Kier alpha value is -1.58. The molecule has 7 heteroatoms.